The lowest BCUT2D eigenvalue weighted by Gasteiger charge is -2.11. The minimum atomic E-state index is -0.498. The summed E-state index contributed by atoms with van der Waals surface area (Å²) in [5, 5.41) is 4.94. The number of rotatable bonds is 5. The summed E-state index contributed by atoms with van der Waals surface area (Å²) in [4.78, 5) is 16.4. The van der Waals surface area contributed by atoms with Crippen molar-refractivity contribution in [3.8, 4) is 0 Å². The average Bonchev–Trinajstić information content (AvgIpc) is 2.99. The number of ether oxygens (including phenoxy) is 1. The van der Waals surface area contributed by atoms with Crippen LogP contribution in [-0.2, 0) is 11.3 Å². The highest BCUT2D eigenvalue weighted by atomic mass is 35.5. The molecular weight excluding hydrogens is 361 g/mol. The summed E-state index contributed by atoms with van der Waals surface area (Å²) in [5.41, 5.74) is 1.80. The number of hydrogen-bond acceptors (Lipinski definition) is 4. The van der Waals surface area contributed by atoms with Crippen LogP contribution in [0.1, 0.15) is 35.1 Å². The van der Waals surface area contributed by atoms with E-state index in [1.54, 1.807) is 24.7 Å². The predicted octanol–water partition coefficient (Wildman–Crippen LogP) is 4.63. The number of aromatic nitrogens is 3. The van der Waals surface area contributed by atoms with Crippen molar-refractivity contribution >= 4 is 40.2 Å². The Balaban J connectivity index is 1.90. The van der Waals surface area contributed by atoms with Crippen LogP contribution in [0.5, 0.6) is 0 Å². The molecule has 25 heavy (non-hydrogen) atoms. The third-order valence-electron chi connectivity index (χ3n) is 3.66. The van der Waals surface area contributed by atoms with Crippen LogP contribution in [0, 0.1) is 0 Å². The zero-order chi connectivity index (χ0) is 18.0. The van der Waals surface area contributed by atoms with E-state index in [1.807, 2.05) is 30.3 Å². The maximum absolute atomic E-state index is 12.1. The van der Waals surface area contributed by atoms with Gasteiger partial charge in [0.1, 0.15) is 0 Å². The molecule has 0 fully saturated rings. The van der Waals surface area contributed by atoms with E-state index in [1.165, 1.54) is 6.20 Å². The van der Waals surface area contributed by atoms with Gasteiger partial charge in [-0.05, 0) is 19.4 Å². The normalized spacial score (nSPS) is 12.5. The van der Waals surface area contributed by atoms with Crippen molar-refractivity contribution in [1.82, 2.24) is 14.8 Å². The molecule has 0 saturated carbocycles. The standard InChI is InChI=1S/C18H17Cl2N3O2/c1-11(2)25-18(24)14-8-21-17-13(16(14)20)9-22-23(17)10-15(19)12-6-4-3-5-7-12/h3-9,11,15H,10H2,1-2H3. The molecule has 0 spiro atoms. The Hall–Kier alpha value is -2.11. The van der Waals surface area contributed by atoms with Gasteiger partial charge in [0.15, 0.2) is 5.65 Å². The number of carbonyl (C=O) groups excluding carboxylic acids is 1. The van der Waals surface area contributed by atoms with E-state index in [4.69, 9.17) is 27.9 Å². The summed E-state index contributed by atoms with van der Waals surface area (Å²) in [6.07, 6.45) is 2.77. The second kappa shape index (κ2) is 7.42. The topological polar surface area (TPSA) is 57.0 Å². The van der Waals surface area contributed by atoms with Crippen molar-refractivity contribution in [3.63, 3.8) is 0 Å². The third kappa shape index (κ3) is 3.78. The highest BCUT2D eigenvalue weighted by molar-refractivity contribution is 6.38. The first kappa shape index (κ1) is 17.7. The van der Waals surface area contributed by atoms with Crippen LogP contribution >= 0.6 is 23.2 Å². The average molecular weight is 378 g/mol. The highest BCUT2D eigenvalue weighted by Gasteiger charge is 2.20. The minimum absolute atomic E-state index is 0.230. The number of fused-ring (bicyclic) bond motifs is 1. The van der Waals surface area contributed by atoms with Gasteiger partial charge >= 0.3 is 5.97 Å². The molecule has 130 valence electrons. The van der Waals surface area contributed by atoms with E-state index in [-0.39, 0.29) is 22.1 Å². The summed E-state index contributed by atoms with van der Waals surface area (Å²) in [7, 11) is 0. The number of hydrogen-bond donors (Lipinski definition) is 0. The van der Waals surface area contributed by atoms with Gasteiger partial charge in [0.05, 0.1) is 40.2 Å². The van der Waals surface area contributed by atoms with Gasteiger partial charge in [-0.2, -0.15) is 5.10 Å². The minimum Gasteiger partial charge on any atom is -0.459 e. The third-order valence-corrected chi connectivity index (χ3v) is 4.45. The van der Waals surface area contributed by atoms with Crippen LogP contribution < -0.4 is 0 Å². The van der Waals surface area contributed by atoms with Gasteiger partial charge in [-0.15, -0.1) is 11.6 Å². The zero-order valence-corrected chi connectivity index (χ0v) is 15.3. The molecular formula is C18H17Cl2N3O2. The highest BCUT2D eigenvalue weighted by Crippen LogP contribution is 2.28. The molecule has 0 aliphatic carbocycles. The fourth-order valence-electron chi connectivity index (χ4n) is 2.47. The molecule has 0 aliphatic rings. The molecule has 1 unspecified atom stereocenters. The van der Waals surface area contributed by atoms with E-state index in [2.05, 4.69) is 10.1 Å². The fourth-order valence-corrected chi connectivity index (χ4v) is 3.01. The van der Waals surface area contributed by atoms with E-state index >= 15 is 0 Å². The molecule has 3 rings (SSSR count). The molecule has 0 radical (unpaired) electrons. The van der Waals surface area contributed by atoms with Crippen LogP contribution in [0.15, 0.2) is 42.7 Å². The maximum Gasteiger partial charge on any atom is 0.341 e. The van der Waals surface area contributed by atoms with Crippen molar-refractivity contribution in [2.75, 3.05) is 0 Å². The van der Waals surface area contributed by atoms with E-state index < -0.39 is 5.97 Å². The van der Waals surface area contributed by atoms with Gasteiger partial charge in [0.25, 0.3) is 0 Å². The Kier molecular flexibility index (Phi) is 5.25. The molecule has 3 aromatic rings. The molecule has 0 amide bonds. The lowest BCUT2D eigenvalue weighted by molar-refractivity contribution is 0.0378. The smallest absolute Gasteiger partial charge is 0.341 e. The van der Waals surface area contributed by atoms with Crippen molar-refractivity contribution in [2.45, 2.75) is 31.9 Å². The summed E-state index contributed by atoms with van der Waals surface area (Å²) < 4.78 is 6.87. The lowest BCUT2D eigenvalue weighted by Crippen LogP contribution is -2.13. The van der Waals surface area contributed by atoms with Crippen molar-refractivity contribution in [1.29, 1.82) is 0 Å². The first-order valence-electron chi connectivity index (χ1n) is 7.87. The molecule has 7 heteroatoms. The van der Waals surface area contributed by atoms with Crippen LogP contribution in [0.2, 0.25) is 5.02 Å². The van der Waals surface area contributed by atoms with Crippen molar-refractivity contribution < 1.29 is 9.53 Å². The van der Waals surface area contributed by atoms with Gasteiger partial charge in [-0.25, -0.2) is 14.5 Å². The molecule has 2 aromatic heterocycles. The number of nitrogens with zero attached hydrogens (tertiary/aromatic N) is 3. The number of alkyl halides is 1. The maximum atomic E-state index is 12.1. The fraction of sp³-hybridized carbons (Fsp3) is 0.278. The second-order valence-electron chi connectivity index (χ2n) is 5.88. The molecule has 0 aliphatic heterocycles. The van der Waals surface area contributed by atoms with Crippen LogP contribution in [0.4, 0.5) is 0 Å². The van der Waals surface area contributed by atoms with E-state index in [9.17, 15) is 4.79 Å². The van der Waals surface area contributed by atoms with Gasteiger partial charge in [-0.3, -0.25) is 0 Å². The summed E-state index contributed by atoms with van der Waals surface area (Å²) in [6, 6.07) is 9.74. The Labute approximate surface area is 155 Å². The zero-order valence-electron chi connectivity index (χ0n) is 13.8. The van der Waals surface area contributed by atoms with Crippen molar-refractivity contribution in [3.05, 3.63) is 58.9 Å². The number of carbonyl (C=O) groups is 1. The van der Waals surface area contributed by atoms with Gasteiger partial charge in [0, 0.05) is 6.20 Å². The van der Waals surface area contributed by atoms with Crippen molar-refractivity contribution in [2.24, 2.45) is 0 Å². The van der Waals surface area contributed by atoms with E-state index in [0.717, 1.165) is 5.56 Å². The predicted molar refractivity (Wildman–Crippen MR) is 98.1 cm³/mol. The molecule has 1 aromatic carbocycles. The quantitative estimate of drug-likeness (QED) is 0.480. The molecule has 0 N–H and O–H groups in total. The molecule has 1 atom stereocenters. The number of benzene rings is 1. The van der Waals surface area contributed by atoms with Crippen LogP contribution in [-0.4, -0.2) is 26.8 Å². The number of esters is 1. The largest absolute Gasteiger partial charge is 0.459 e. The Bertz CT molecular complexity index is 894. The number of halogens is 2. The Morgan fingerprint density at radius 3 is 2.64 bits per heavy atom. The summed E-state index contributed by atoms with van der Waals surface area (Å²) in [5.74, 6) is -0.498. The van der Waals surface area contributed by atoms with Gasteiger partial charge in [0.2, 0.25) is 0 Å². The molecule has 5 nitrogen and oxygen atoms in total. The summed E-state index contributed by atoms with van der Waals surface area (Å²) in [6.45, 7) is 3.99. The molecule has 2 heterocycles. The van der Waals surface area contributed by atoms with E-state index in [0.29, 0.717) is 17.6 Å². The Morgan fingerprint density at radius 1 is 1.24 bits per heavy atom. The lowest BCUT2D eigenvalue weighted by atomic mass is 10.1. The van der Waals surface area contributed by atoms with Gasteiger partial charge < -0.3 is 4.74 Å². The first-order chi connectivity index (χ1) is 12.0. The Morgan fingerprint density at radius 2 is 1.96 bits per heavy atom. The van der Waals surface area contributed by atoms with Crippen LogP contribution in [0.25, 0.3) is 11.0 Å². The SMILES string of the molecule is CC(C)OC(=O)c1cnc2c(cnn2CC(Cl)c2ccccc2)c1Cl. The van der Waals surface area contributed by atoms with Crippen LogP contribution in [0.3, 0.4) is 0 Å². The number of pyridine rings is 1. The second-order valence-corrected chi connectivity index (χ2v) is 6.79. The monoisotopic (exact) mass is 377 g/mol. The van der Waals surface area contributed by atoms with Gasteiger partial charge in [-0.1, -0.05) is 41.9 Å². The molecule has 0 bridgehead atoms. The molecule has 0 saturated heterocycles. The first-order valence-corrected chi connectivity index (χ1v) is 8.69. The summed E-state index contributed by atoms with van der Waals surface area (Å²) >= 11 is 12.8.